The summed E-state index contributed by atoms with van der Waals surface area (Å²) in [7, 11) is 3.52. The van der Waals surface area contributed by atoms with E-state index in [0.717, 1.165) is 15.6 Å². The van der Waals surface area contributed by atoms with Crippen molar-refractivity contribution in [2.75, 3.05) is 14.2 Å². The van der Waals surface area contributed by atoms with Crippen LogP contribution in [-0.2, 0) is 6.54 Å². The maximum absolute atomic E-state index is 5.90. The number of hydrogen-bond donors (Lipinski definition) is 1. The number of methoxy groups -OCH3 is 1. The van der Waals surface area contributed by atoms with Crippen LogP contribution in [0.3, 0.4) is 0 Å². The van der Waals surface area contributed by atoms with Crippen LogP contribution in [0, 0.1) is 6.92 Å². The third-order valence-electron chi connectivity index (χ3n) is 2.78. The molecule has 0 amide bonds. The van der Waals surface area contributed by atoms with Crippen LogP contribution in [0.15, 0.2) is 34.9 Å². The Kier molecular flexibility index (Phi) is 4.98. The number of aromatic nitrogens is 1. The summed E-state index contributed by atoms with van der Waals surface area (Å²) >= 11 is 3.42. The Morgan fingerprint density at radius 2 is 2.05 bits per heavy atom. The first-order valence-electron chi connectivity index (χ1n) is 6.25. The van der Waals surface area contributed by atoms with Gasteiger partial charge in [0.2, 0.25) is 5.88 Å². The maximum atomic E-state index is 5.90. The van der Waals surface area contributed by atoms with Crippen molar-refractivity contribution in [2.45, 2.75) is 13.5 Å². The van der Waals surface area contributed by atoms with Gasteiger partial charge in [-0.25, -0.2) is 4.98 Å². The Labute approximate surface area is 127 Å². The summed E-state index contributed by atoms with van der Waals surface area (Å²) < 4.78 is 12.2. The summed E-state index contributed by atoms with van der Waals surface area (Å²) in [5.41, 5.74) is 2.10. The molecule has 0 aliphatic rings. The minimum absolute atomic E-state index is 0.574. The number of nitrogens with zero attached hydrogens (tertiary/aromatic N) is 1. The summed E-state index contributed by atoms with van der Waals surface area (Å²) in [6, 6.07) is 7.79. The number of pyridine rings is 1. The van der Waals surface area contributed by atoms with Crippen LogP contribution < -0.4 is 14.8 Å². The van der Waals surface area contributed by atoms with Gasteiger partial charge in [0.1, 0.15) is 0 Å². The number of benzene rings is 1. The summed E-state index contributed by atoms with van der Waals surface area (Å²) in [5.74, 6) is 1.93. The number of rotatable bonds is 5. The molecule has 1 aromatic heterocycles. The monoisotopic (exact) mass is 336 g/mol. The van der Waals surface area contributed by atoms with Gasteiger partial charge in [-0.2, -0.15) is 0 Å². The van der Waals surface area contributed by atoms with Gasteiger partial charge in [-0.05, 0) is 53.7 Å². The molecule has 2 rings (SSSR count). The molecule has 0 saturated heterocycles. The van der Waals surface area contributed by atoms with Gasteiger partial charge in [0.05, 0.1) is 7.11 Å². The van der Waals surface area contributed by atoms with Crippen molar-refractivity contribution in [1.82, 2.24) is 10.3 Å². The molecule has 0 aliphatic carbocycles. The fourth-order valence-corrected chi connectivity index (χ4v) is 2.22. The number of halogens is 1. The average molecular weight is 337 g/mol. The molecule has 1 aromatic carbocycles. The molecule has 0 unspecified atom stereocenters. The van der Waals surface area contributed by atoms with Gasteiger partial charge in [0, 0.05) is 22.8 Å². The Morgan fingerprint density at radius 1 is 1.25 bits per heavy atom. The van der Waals surface area contributed by atoms with E-state index in [2.05, 4.69) is 26.2 Å². The van der Waals surface area contributed by atoms with Crippen molar-refractivity contribution < 1.29 is 9.47 Å². The average Bonchev–Trinajstić information content (AvgIpc) is 2.43. The first-order valence-corrected chi connectivity index (χ1v) is 7.05. The van der Waals surface area contributed by atoms with E-state index in [1.807, 2.05) is 38.2 Å². The highest BCUT2D eigenvalue weighted by atomic mass is 79.9. The summed E-state index contributed by atoms with van der Waals surface area (Å²) in [4.78, 5) is 4.33. The molecule has 0 aliphatic heterocycles. The minimum Gasteiger partial charge on any atom is -0.493 e. The second-order valence-corrected chi connectivity index (χ2v) is 5.32. The molecule has 0 saturated carbocycles. The molecule has 0 atom stereocenters. The van der Waals surface area contributed by atoms with Gasteiger partial charge in [0.15, 0.2) is 11.5 Å². The molecule has 106 valence electrons. The zero-order valence-electron chi connectivity index (χ0n) is 11.7. The Hall–Kier alpha value is -1.59. The fourth-order valence-electron chi connectivity index (χ4n) is 1.84. The lowest BCUT2D eigenvalue weighted by Crippen LogP contribution is -2.07. The second kappa shape index (κ2) is 6.72. The smallest absolute Gasteiger partial charge is 0.223 e. The molecule has 0 fully saturated rings. The van der Waals surface area contributed by atoms with E-state index >= 15 is 0 Å². The van der Waals surface area contributed by atoms with Crippen LogP contribution in [0.1, 0.15) is 11.1 Å². The van der Waals surface area contributed by atoms with Crippen LogP contribution in [-0.4, -0.2) is 19.1 Å². The van der Waals surface area contributed by atoms with Gasteiger partial charge in [-0.15, -0.1) is 0 Å². The van der Waals surface area contributed by atoms with E-state index in [1.54, 1.807) is 13.3 Å². The van der Waals surface area contributed by atoms with Crippen molar-refractivity contribution in [2.24, 2.45) is 0 Å². The van der Waals surface area contributed by atoms with Crippen molar-refractivity contribution in [3.63, 3.8) is 0 Å². The van der Waals surface area contributed by atoms with Crippen molar-refractivity contribution >= 4 is 15.9 Å². The van der Waals surface area contributed by atoms with E-state index in [0.29, 0.717) is 23.9 Å². The quantitative estimate of drug-likeness (QED) is 0.904. The molecule has 2 aromatic rings. The Morgan fingerprint density at radius 3 is 2.75 bits per heavy atom. The normalized spacial score (nSPS) is 10.4. The van der Waals surface area contributed by atoms with Gasteiger partial charge in [0.25, 0.3) is 0 Å². The van der Waals surface area contributed by atoms with Gasteiger partial charge in [-0.3, -0.25) is 0 Å². The predicted octanol–water partition coefficient (Wildman–Crippen LogP) is 3.67. The van der Waals surface area contributed by atoms with E-state index in [4.69, 9.17) is 9.47 Å². The van der Waals surface area contributed by atoms with Crippen LogP contribution in [0.2, 0.25) is 0 Å². The third kappa shape index (κ3) is 3.49. The molecule has 1 N–H and O–H groups in total. The number of hydrogen-bond acceptors (Lipinski definition) is 4. The SMILES string of the molecule is CNCc1cc(Br)cnc1Oc1ccc(C)cc1OC. The lowest BCUT2D eigenvalue weighted by atomic mass is 10.2. The Balaban J connectivity index is 2.34. The van der Waals surface area contributed by atoms with Crippen molar-refractivity contribution in [3.8, 4) is 17.4 Å². The number of ether oxygens (including phenoxy) is 2. The second-order valence-electron chi connectivity index (χ2n) is 4.40. The number of aryl methyl sites for hydroxylation is 1. The zero-order chi connectivity index (χ0) is 14.5. The standard InChI is InChI=1S/C15H17BrN2O2/c1-10-4-5-13(14(6-10)19-3)20-15-11(8-17-2)7-12(16)9-18-15/h4-7,9,17H,8H2,1-3H3. The molecular weight excluding hydrogens is 320 g/mol. The maximum Gasteiger partial charge on any atom is 0.223 e. The first kappa shape index (κ1) is 14.8. The zero-order valence-corrected chi connectivity index (χ0v) is 13.3. The third-order valence-corrected chi connectivity index (χ3v) is 3.22. The van der Waals surface area contributed by atoms with Gasteiger partial charge >= 0.3 is 0 Å². The lowest BCUT2D eigenvalue weighted by molar-refractivity contribution is 0.372. The van der Waals surface area contributed by atoms with E-state index < -0.39 is 0 Å². The highest BCUT2D eigenvalue weighted by molar-refractivity contribution is 9.10. The first-order chi connectivity index (χ1) is 9.63. The summed E-state index contributed by atoms with van der Waals surface area (Å²) in [6.45, 7) is 2.69. The van der Waals surface area contributed by atoms with Crippen LogP contribution in [0.5, 0.6) is 17.4 Å². The minimum atomic E-state index is 0.574. The predicted molar refractivity (Wildman–Crippen MR) is 82.5 cm³/mol. The highest BCUT2D eigenvalue weighted by Crippen LogP contribution is 2.33. The van der Waals surface area contributed by atoms with Crippen LogP contribution in [0.4, 0.5) is 0 Å². The van der Waals surface area contributed by atoms with E-state index in [-0.39, 0.29) is 0 Å². The van der Waals surface area contributed by atoms with Crippen LogP contribution in [0.25, 0.3) is 0 Å². The van der Waals surface area contributed by atoms with Gasteiger partial charge in [-0.1, -0.05) is 6.07 Å². The molecular formula is C15H17BrN2O2. The molecule has 0 spiro atoms. The molecule has 1 heterocycles. The largest absolute Gasteiger partial charge is 0.493 e. The summed E-state index contributed by atoms with van der Waals surface area (Å²) in [5, 5.41) is 3.10. The molecule has 0 bridgehead atoms. The van der Waals surface area contributed by atoms with Crippen molar-refractivity contribution in [1.29, 1.82) is 0 Å². The topological polar surface area (TPSA) is 43.4 Å². The Bertz CT molecular complexity index is 602. The fraction of sp³-hybridized carbons (Fsp3) is 0.267. The highest BCUT2D eigenvalue weighted by Gasteiger charge is 2.11. The van der Waals surface area contributed by atoms with Gasteiger partial charge < -0.3 is 14.8 Å². The van der Waals surface area contributed by atoms with Crippen molar-refractivity contribution in [3.05, 3.63) is 46.1 Å². The van der Waals surface area contributed by atoms with Crippen LogP contribution >= 0.6 is 15.9 Å². The molecule has 4 nitrogen and oxygen atoms in total. The lowest BCUT2D eigenvalue weighted by Gasteiger charge is -2.13. The summed E-state index contributed by atoms with van der Waals surface area (Å²) in [6.07, 6.45) is 1.72. The number of nitrogens with one attached hydrogen (secondary N) is 1. The molecule has 0 radical (unpaired) electrons. The molecule has 5 heteroatoms. The molecule has 20 heavy (non-hydrogen) atoms. The van der Waals surface area contributed by atoms with E-state index in [9.17, 15) is 0 Å². The van der Waals surface area contributed by atoms with E-state index in [1.165, 1.54) is 0 Å².